The van der Waals surface area contributed by atoms with Crippen molar-refractivity contribution < 1.29 is 4.79 Å². The number of amides is 1. The van der Waals surface area contributed by atoms with Crippen LogP contribution in [0.3, 0.4) is 0 Å². The minimum Gasteiger partial charge on any atom is -0.334 e. The Balaban J connectivity index is 1.67. The zero-order chi connectivity index (χ0) is 14.2. The molecule has 1 aromatic heterocycles. The van der Waals surface area contributed by atoms with Gasteiger partial charge in [-0.3, -0.25) is 4.79 Å². The topological polar surface area (TPSA) is 20.3 Å². The maximum absolute atomic E-state index is 12.7. The highest BCUT2D eigenvalue weighted by atomic mass is 32.1. The van der Waals surface area contributed by atoms with E-state index in [2.05, 4.69) is 35.7 Å². The van der Waals surface area contributed by atoms with Gasteiger partial charge >= 0.3 is 0 Å². The highest BCUT2D eigenvalue weighted by Gasteiger charge is 2.24. The molecule has 3 heteroatoms. The van der Waals surface area contributed by atoms with Crippen molar-refractivity contribution in [2.75, 3.05) is 6.54 Å². The van der Waals surface area contributed by atoms with E-state index in [9.17, 15) is 4.79 Å². The molecule has 21 heavy (non-hydrogen) atoms. The first kappa shape index (κ1) is 12.6. The zero-order valence-corrected chi connectivity index (χ0v) is 12.4. The summed E-state index contributed by atoms with van der Waals surface area (Å²) in [5.41, 5.74) is 3.26. The number of hydrogen-bond donors (Lipinski definition) is 0. The van der Waals surface area contributed by atoms with Crippen molar-refractivity contribution in [1.82, 2.24) is 4.90 Å². The first-order chi connectivity index (χ1) is 10.3. The van der Waals surface area contributed by atoms with Gasteiger partial charge in [0.2, 0.25) is 0 Å². The van der Waals surface area contributed by atoms with E-state index in [-0.39, 0.29) is 5.91 Å². The van der Waals surface area contributed by atoms with Crippen molar-refractivity contribution >= 4 is 27.3 Å². The zero-order valence-electron chi connectivity index (χ0n) is 11.6. The molecule has 0 aliphatic carbocycles. The molecule has 1 aliphatic heterocycles. The molecule has 104 valence electrons. The average Bonchev–Trinajstić information content (AvgIpc) is 2.97. The Morgan fingerprint density at radius 1 is 1.10 bits per heavy atom. The van der Waals surface area contributed by atoms with Gasteiger partial charge in [0.25, 0.3) is 5.91 Å². The summed E-state index contributed by atoms with van der Waals surface area (Å²) in [5, 5.41) is 3.34. The lowest BCUT2D eigenvalue weighted by atomic mass is 9.97. The number of carbonyl (C=O) groups is 1. The number of carbonyl (C=O) groups excluding carboxylic acids is 1. The van der Waals surface area contributed by atoms with E-state index in [0.29, 0.717) is 6.54 Å². The average molecular weight is 293 g/mol. The van der Waals surface area contributed by atoms with Gasteiger partial charge in [-0.15, -0.1) is 11.3 Å². The molecule has 0 N–H and O–H groups in total. The van der Waals surface area contributed by atoms with Crippen LogP contribution >= 0.6 is 11.3 Å². The quantitative estimate of drug-likeness (QED) is 0.696. The summed E-state index contributed by atoms with van der Waals surface area (Å²) in [6.07, 6.45) is 0.944. The maximum Gasteiger partial charge on any atom is 0.254 e. The standard InChI is InChI=1S/C18H15NOS/c20-18-16-11-17-15(7-9-21-17)10-14(16)6-8-19(18)12-13-4-2-1-3-5-13/h1-5,7,9-11H,6,8,12H2. The van der Waals surface area contributed by atoms with Crippen molar-refractivity contribution in [3.63, 3.8) is 0 Å². The van der Waals surface area contributed by atoms with Gasteiger partial charge in [0.1, 0.15) is 0 Å². The minimum absolute atomic E-state index is 0.162. The Bertz CT molecular complexity index is 806. The molecule has 0 saturated heterocycles. The summed E-state index contributed by atoms with van der Waals surface area (Å²) in [4.78, 5) is 14.7. The Morgan fingerprint density at radius 2 is 1.95 bits per heavy atom. The molecule has 3 aromatic rings. The third-order valence-corrected chi connectivity index (χ3v) is 4.94. The summed E-state index contributed by atoms with van der Waals surface area (Å²) >= 11 is 1.70. The lowest BCUT2D eigenvalue weighted by Gasteiger charge is -2.28. The Hall–Kier alpha value is -2.13. The molecule has 0 unspecified atom stereocenters. The molecule has 2 nitrogen and oxygen atoms in total. The van der Waals surface area contributed by atoms with Crippen LogP contribution in [0.15, 0.2) is 53.9 Å². The highest BCUT2D eigenvalue weighted by molar-refractivity contribution is 7.17. The Labute approximate surface area is 127 Å². The van der Waals surface area contributed by atoms with Crippen LogP contribution in [0.4, 0.5) is 0 Å². The van der Waals surface area contributed by atoms with Gasteiger partial charge in [-0.05, 0) is 46.5 Å². The maximum atomic E-state index is 12.7. The second kappa shape index (κ2) is 5.01. The first-order valence-corrected chi connectivity index (χ1v) is 8.02. The smallest absolute Gasteiger partial charge is 0.254 e. The summed E-state index contributed by atoms with van der Waals surface area (Å²) in [7, 11) is 0. The molecular weight excluding hydrogens is 278 g/mol. The van der Waals surface area contributed by atoms with Gasteiger partial charge in [0.15, 0.2) is 0 Å². The number of thiophene rings is 1. The van der Waals surface area contributed by atoms with Crippen LogP contribution < -0.4 is 0 Å². The summed E-state index contributed by atoms with van der Waals surface area (Å²) in [6.45, 7) is 1.50. The summed E-state index contributed by atoms with van der Waals surface area (Å²) in [6, 6.07) is 16.6. The molecule has 0 fully saturated rings. The van der Waals surface area contributed by atoms with E-state index in [1.807, 2.05) is 23.1 Å². The predicted molar refractivity (Wildman–Crippen MR) is 86.7 cm³/mol. The number of benzene rings is 2. The van der Waals surface area contributed by atoms with Crippen molar-refractivity contribution in [1.29, 1.82) is 0 Å². The van der Waals surface area contributed by atoms with Gasteiger partial charge < -0.3 is 4.90 Å². The van der Waals surface area contributed by atoms with Crippen LogP contribution in [-0.2, 0) is 13.0 Å². The van der Waals surface area contributed by atoms with Crippen LogP contribution in [0.2, 0.25) is 0 Å². The van der Waals surface area contributed by atoms with Crippen molar-refractivity contribution in [3.05, 3.63) is 70.6 Å². The third-order valence-electron chi connectivity index (χ3n) is 4.06. The highest BCUT2D eigenvalue weighted by Crippen LogP contribution is 2.29. The molecule has 0 spiro atoms. The second-order valence-electron chi connectivity index (χ2n) is 5.43. The van der Waals surface area contributed by atoms with Gasteiger partial charge in [-0.2, -0.15) is 0 Å². The molecule has 0 saturated carbocycles. The molecule has 0 atom stereocenters. The molecule has 0 bridgehead atoms. The molecule has 2 aromatic carbocycles. The first-order valence-electron chi connectivity index (χ1n) is 7.14. The van der Waals surface area contributed by atoms with E-state index >= 15 is 0 Å². The van der Waals surface area contributed by atoms with Crippen molar-refractivity contribution in [2.45, 2.75) is 13.0 Å². The monoisotopic (exact) mass is 293 g/mol. The second-order valence-corrected chi connectivity index (χ2v) is 6.38. The molecule has 0 radical (unpaired) electrons. The molecule has 2 heterocycles. The van der Waals surface area contributed by atoms with Gasteiger partial charge in [0, 0.05) is 23.4 Å². The number of rotatable bonds is 2. The third kappa shape index (κ3) is 2.24. The number of hydrogen-bond acceptors (Lipinski definition) is 2. The fraction of sp³-hybridized carbons (Fsp3) is 0.167. The van der Waals surface area contributed by atoms with Gasteiger partial charge in [-0.25, -0.2) is 0 Å². The van der Waals surface area contributed by atoms with Gasteiger partial charge in [0.05, 0.1) is 0 Å². The number of nitrogens with zero attached hydrogens (tertiary/aromatic N) is 1. The molecular formula is C18H15NOS. The fourth-order valence-corrected chi connectivity index (χ4v) is 3.75. The van der Waals surface area contributed by atoms with E-state index in [1.54, 1.807) is 11.3 Å². The van der Waals surface area contributed by atoms with Crippen molar-refractivity contribution in [2.24, 2.45) is 0 Å². The summed E-state index contributed by atoms with van der Waals surface area (Å²) in [5.74, 6) is 0.162. The lowest BCUT2D eigenvalue weighted by Crippen LogP contribution is -2.36. The van der Waals surface area contributed by atoms with E-state index in [0.717, 1.165) is 18.5 Å². The van der Waals surface area contributed by atoms with E-state index < -0.39 is 0 Å². The largest absolute Gasteiger partial charge is 0.334 e. The molecule has 4 rings (SSSR count). The minimum atomic E-state index is 0.162. The lowest BCUT2D eigenvalue weighted by molar-refractivity contribution is 0.0727. The SMILES string of the molecule is O=C1c2cc3sccc3cc2CCN1Cc1ccccc1. The van der Waals surface area contributed by atoms with E-state index in [1.165, 1.54) is 21.2 Å². The van der Waals surface area contributed by atoms with Crippen LogP contribution in [0.1, 0.15) is 21.5 Å². The van der Waals surface area contributed by atoms with Crippen LogP contribution in [-0.4, -0.2) is 17.4 Å². The van der Waals surface area contributed by atoms with Crippen molar-refractivity contribution in [3.8, 4) is 0 Å². The Kier molecular flexibility index (Phi) is 3.00. The van der Waals surface area contributed by atoms with Crippen LogP contribution in [0, 0.1) is 0 Å². The Morgan fingerprint density at radius 3 is 2.81 bits per heavy atom. The van der Waals surface area contributed by atoms with E-state index in [4.69, 9.17) is 0 Å². The summed E-state index contributed by atoms with van der Waals surface area (Å²) < 4.78 is 1.20. The predicted octanol–water partition coefficient (Wildman–Crippen LogP) is 4.10. The van der Waals surface area contributed by atoms with Crippen LogP contribution in [0.5, 0.6) is 0 Å². The number of fused-ring (bicyclic) bond motifs is 2. The molecule has 1 amide bonds. The fourth-order valence-electron chi connectivity index (χ4n) is 2.94. The normalized spacial score (nSPS) is 14.5. The van der Waals surface area contributed by atoms with Crippen LogP contribution in [0.25, 0.3) is 10.1 Å². The van der Waals surface area contributed by atoms with Gasteiger partial charge in [-0.1, -0.05) is 30.3 Å². The molecule has 1 aliphatic rings.